The molecule has 13 heavy (non-hydrogen) atoms. The topological polar surface area (TPSA) is 0 Å². The van der Waals surface area contributed by atoms with Crippen molar-refractivity contribution in [2.24, 2.45) is 0 Å². The second-order valence-electron chi connectivity index (χ2n) is 3.60. The van der Waals surface area contributed by atoms with Crippen molar-refractivity contribution >= 4 is 0 Å². The Morgan fingerprint density at radius 3 is 3.00 bits per heavy atom. The van der Waals surface area contributed by atoms with Crippen molar-refractivity contribution in [2.75, 3.05) is 0 Å². The molecule has 1 aliphatic carbocycles. The molecule has 0 atom stereocenters. The third-order valence-corrected chi connectivity index (χ3v) is 2.21. The standard InChI is InChI=1S/C13H18/c1-4-7-12(3)13-9-6-5-8-11(2)10-13/h5-6,9-10H,3-4,7-8H2,1-2H3. The molecule has 0 saturated heterocycles. The van der Waals surface area contributed by atoms with Crippen molar-refractivity contribution in [1.29, 1.82) is 0 Å². The third-order valence-electron chi connectivity index (χ3n) is 2.21. The normalized spacial score (nSPS) is 16.2. The maximum Gasteiger partial charge on any atom is -0.0135 e. The molecular weight excluding hydrogens is 156 g/mol. The van der Waals surface area contributed by atoms with Gasteiger partial charge in [0, 0.05) is 0 Å². The van der Waals surface area contributed by atoms with Crippen LogP contribution < -0.4 is 0 Å². The molecule has 0 aliphatic heterocycles. The lowest BCUT2D eigenvalue weighted by molar-refractivity contribution is 0.920. The molecule has 0 amide bonds. The molecule has 0 heterocycles. The molecule has 0 aromatic carbocycles. The fourth-order valence-corrected chi connectivity index (χ4v) is 1.46. The lowest BCUT2D eigenvalue weighted by Gasteiger charge is -2.04. The third kappa shape index (κ3) is 3.06. The molecular formula is C13H18. The summed E-state index contributed by atoms with van der Waals surface area (Å²) in [5.41, 5.74) is 3.97. The molecule has 70 valence electrons. The molecule has 0 unspecified atom stereocenters. The first-order chi connectivity index (χ1) is 6.24. The minimum atomic E-state index is 1.07. The Hall–Kier alpha value is -1.04. The van der Waals surface area contributed by atoms with Gasteiger partial charge in [-0.1, -0.05) is 49.8 Å². The van der Waals surface area contributed by atoms with Crippen LogP contribution in [0, 0.1) is 0 Å². The fraction of sp³-hybridized carbons (Fsp3) is 0.385. The molecule has 0 saturated carbocycles. The molecule has 0 spiro atoms. The maximum atomic E-state index is 4.10. The van der Waals surface area contributed by atoms with Gasteiger partial charge in [-0.3, -0.25) is 0 Å². The molecule has 0 fully saturated rings. The molecule has 0 heteroatoms. The second-order valence-corrected chi connectivity index (χ2v) is 3.60. The van der Waals surface area contributed by atoms with Crippen LogP contribution in [0.4, 0.5) is 0 Å². The zero-order valence-corrected chi connectivity index (χ0v) is 8.64. The Morgan fingerprint density at radius 1 is 1.54 bits per heavy atom. The van der Waals surface area contributed by atoms with Crippen LogP contribution in [0.3, 0.4) is 0 Å². The SMILES string of the molecule is C=C(CCC)C1=CC=CCC(C)=C1. The summed E-state index contributed by atoms with van der Waals surface area (Å²) in [7, 11) is 0. The van der Waals surface area contributed by atoms with Crippen LogP contribution in [0.25, 0.3) is 0 Å². The smallest absolute Gasteiger partial charge is 0.0135 e. The minimum absolute atomic E-state index is 1.07. The van der Waals surface area contributed by atoms with Gasteiger partial charge < -0.3 is 0 Å². The summed E-state index contributed by atoms with van der Waals surface area (Å²) >= 11 is 0. The van der Waals surface area contributed by atoms with E-state index in [4.69, 9.17) is 0 Å². The van der Waals surface area contributed by atoms with E-state index in [-0.39, 0.29) is 0 Å². The van der Waals surface area contributed by atoms with Gasteiger partial charge in [0.2, 0.25) is 0 Å². The predicted octanol–water partition coefficient (Wildman–Crippen LogP) is 4.18. The summed E-state index contributed by atoms with van der Waals surface area (Å²) in [5.74, 6) is 0. The zero-order valence-electron chi connectivity index (χ0n) is 8.64. The quantitative estimate of drug-likeness (QED) is 0.602. The summed E-state index contributed by atoms with van der Waals surface area (Å²) in [6, 6.07) is 0. The van der Waals surface area contributed by atoms with E-state index < -0.39 is 0 Å². The van der Waals surface area contributed by atoms with Gasteiger partial charge in [0.1, 0.15) is 0 Å². The molecule has 0 aromatic rings. The molecule has 0 nitrogen and oxygen atoms in total. The van der Waals surface area contributed by atoms with Crippen molar-refractivity contribution in [3.05, 3.63) is 47.6 Å². The van der Waals surface area contributed by atoms with Gasteiger partial charge in [-0.2, -0.15) is 0 Å². The van der Waals surface area contributed by atoms with Gasteiger partial charge in [0.25, 0.3) is 0 Å². The number of rotatable bonds is 3. The van der Waals surface area contributed by atoms with Gasteiger partial charge in [-0.05, 0) is 30.9 Å². The largest absolute Gasteiger partial charge is 0.0952 e. The van der Waals surface area contributed by atoms with E-state index >= 15 is 0 Å². The van der Waals surface area contributed by atoms with Crippen molar-refractivity contribution in [1.82, 2.24) is 0 Å². The Labute approximate surface area is 81.4 Å². The monoisotopic (exact) mass is 174 g/mol. The predicted molar refractivity (Wildman–Crippen MR) is 59.6 cm³/mol. The van der Waals surface area contributed by atoms with E-state index in [0.29, 0.717) is 0 Å². The Bertz CT molecular complexity index is 274. The average Bonchev–Trinajstić information content (AvgIpc) is 2.30. The summed E-state index contributed by atoms with van der Waals surface area (Å²) in [6.07, 6.45) is 12.1. The number of allylic oxidation sites excluding steroid dienone is 7. The molecule has 0 radical (unpaired) electrons. The summed E-state index contributed by atoms with van der Waals surface area (Å²) in [6.45, 7) is 8.46. The van der Waals surface area contributed by atoms with Crippen molar-refractivity contribution in [3.63, 3.8) is 0 Å². The van der Waals surface area contributed by atoms with E-state index in [1.165, 1.54) is 23.1 Å². The van der Waals surface area contributed by atoms with Crippen molar-refractivity contribution in [2.45, 2.75) is 33.1 Å². The molecule has 1 rings (SSSR count). The van der Waals surface area contributed by atoms with Crippen LogP contribution >= 0.6 is 0 Å². The highest BCUT2D eigenvalue weighted by atomic mass is 14.1. The molecule has 0 aromatic heterocycles. The molecule has 0 N–H and O–H groups in total. The Morgan fingerprint density at radius 2 is 2.31 bits per heavy atom. The van der Waals surface area contributed by atoms with Crippen LogP contribution in [-0.2, 0) is 0 Å². The van der Waals surface area contributed by atoms with Crippen molar-refractivity contribution < 1.29 is 0 Å². The fourth-order valence-electron chi connectivity index (χ4n) is 1.46. The first-order valence-corrected chi connectivity index (χ1v) is 4.96. The van der Waals surface area contributed by atoms with E-state index in [1.54, 1.807) is 0 Å². The first kappa shape index (κ1) is 10.0. The lowest BCUT2D eigenvalue weighted by Crippen LogP contribution is -1.85. The lowest BCUT2D eigenvalue weighted by atomic mass is 10.0. The summed E-state index contributed by atoms with van der Waals surface area (Å²) in [5, 5.41) is 0. The van der Waals surface area contributed by atoms with Gasteiger partial charge in [0.05, 0.1) is 0 Å². The minimum Gasteiger partial charge on any atom is -0.0952 e. The zero-order chi connectivity index (χ0) is 9.68. The van der Waals surface area contributed by atoms with E-state index in [2.05, 4.69) is 44.7 Å². The second kappa shape index (κ2) is 4.86. The summed E-state index contributed by atoms with van der Waals surface area (Å²) < 4.78 is 0. The maximum absolute atomic E-state index is 4.10. The van der Waals surface area contributed by atoms with Gasteiger partial charge >= 0.3 is 0 Å². The number of hydrogen-bond acceptors (Lipinski definition) is 0. The number of hydrogen-bond donors (Lipinski definition) is 0. The van der Waals surface area contributed by atoms with Crippen LogP contribution in [0.2, 0.25) is 0 Å². The summed E-state index contributed by atoms with van der Waals surface area (Å²) in [4.78, 5) is 0. The van der Waals surface area contributed by atoms with E-state index in [1.807, 2.05) is 0 Å². The molecule has 0 bridgehead atoms. The van der Waals surface area contributed by atoms with E-state index in [9.17, 15) is 0 Å². The van der Waals surface area contributed by atoms with E-state index in [0.717, 1.165) is 12.8 Å². The van der Waals surface area contributed by atoms with Crippen LogP contribution in [0.15, 0.2) is 47.6 Å². The highest BCUT2D eigenvalue weighted by Crippen LogP contribution is 2.20. The molecule has 1 aliphatic rings. The van der Waals surface area contributed by atoms with Crippen molar-refractivity contribution in [3.8, 4) is 0 Å². The average molecular weight is 174 g/mol. The highest BCUT2D eigenvalue weighted by Gasteiger charge is 2.00. The Balaban J connectivity index is 2.78. The van der Waals surface area contributed by atoms with Crippen LogP contribution in [-0.4, -0.2) is 0 Å². The van der Waals surface area contributed by atoms with Crippen LogP contribution in [0.5, 0.6) is 0 Å². The Kier molecular flexibility index (Phi) is 3.75. The first-order valence-electron chi connectivity index (χ1n) is 4.96. The highest BCUT2D eigenvalue weighted by molar-refractivity contribution is 5.43. The van der Waals surface area contributed by atoms with Crippen LogP contribution in [0.1, 0.15) is 33.1 Å². The van der Waals surface area contributed by atoms with Gasteiger partial charge in [-0.15, -0.1) is 0 Å². The van der Waals surface area contributed by atoms with Gasteiger partial charge in [-0.25, -0.2) is 0 Å². The van der Waals surface area contributed by atoms with Gasteiger partial charge in [0.15, 0.2) is 0 Å².